The molecule has 3 nitrogen and oxygen atoms in total. The maximum Gasteiger partial charge on any atom is 0.130 e. The molecule has 0 spiro atoms. The summed E-state index contributed by atoms with van der Waals surface area (Å²) < 4.78 is 28.1. The lowest BCUT2D eigenvalue weighted by Gasteiger charge is -2.14. The first kappa shape index (κ1) is 13.7. The first-order valence-electron chi connectivity index (χ1n) is 6.23. The van der Waals surface area contributed by atoms with Gasteiger partial charge in [-0.2, -0.15) is 5.10 Å². The average Bonchev–Trinajstić information content (AvgIpc) is 2.75. The van der Waals surface area contributed by atoms with Gasteiger partial charge in [-0.15, -0.1) is 0 Å². The predicted molar refractivity (Wildman–Crippen MR) is 69.7 cm³/mol. The van der Waals surface area contributed by atoms with Crippen LogP contribution >= 0.6 is 0 Å². The molecule has 102 valence electrons. The van der Waals surface area contributed by atoms with E-state index >= 15 is 0 Å². The van der Waals surface area contributed by atoms with Crippen molar-refractivity contribution in [1.82, 2.24) is 15.1 Å². The van der Waals surface area contributed by atoms with Gasteiger partial charge < -0.3 is 5.32 Å². The van der Waals surface area contributed by atoms with Crippen molar-refractivity contribution in [2.45, 2.75) is 19.4 Å². The number of nitrogens with zero attached hydrogens (tertiary/aromatic N) is 2. The van der Waals surface area contributed by atoms with Gasteiger partial charge in [0.1, 0.15) is 11.6 Å². The zero-order valence-corrected chi connectivity index (χ0v) is 11.0. The highest BCUT2D eigenvalue weighted by atomic mass is 19.1. The summed E-state index contributed by atoms with van der Waals surface area (Å²) in [5, 5.41) is 7.47. The van der Waals surface area contributed by atoms with E-state index in [1.54, 1.807) is 4.68 Å². The molecule has 1 atom stereocenters. The Morgan fingerprint density at radius 1 is 1.32 bits per heavy atom. The van der Waals surface area contributed by atoms with Crippen LogP contribution in [0, 0.1) is 11.6 Å². The maximum atomic E-state index is 13.6. The van der Waals surface area contributed by atoms with Crippen LogP contribution in [0.4, 0.5) is 8.78 Å². The summed E-state index contributed by atoms with van der Waals surface area (Å²) in [5.74, 6) is -1.07. The number of halogens is 2. The van der Waals surface area contributed by atoms with Crippen LogP contribution in [-0.4, -0.2) is 16.3 Å². The number of nitrogens with one attached hydrogen (secondary N) is 1. The molecule has 0 aliphatic heterocycles. The molecule has 0 bridgehead atoms. The molecular formula is C14H17F2N3. The van der Waals surface area contributed by atoms with Crippen molar-refractivity contribution < 1.29 is 8.78 Å². The molecule has 0 aliphatic rings. The zero-order valence-electron chi connectivity index (χ0n) is 11.0. The first-order chi connectivity index (χ1) is 9.06. The number of benzene rings is 1. The quantitative estimate of drug-likeness (QED) is 0.900. The van der Waals surface area contributed by atoms with Gasteiger partial charge in [0.05, 0.1) is 5.69 Å². The van der Waals surface area contributed by atoms with Crippen molar-refractivity contribution in [3.05, 3.63) is 53.4 Å². The fourth-order valence-electron chi connectivity index (χ4n) is 1.98. The fourth-order valence-corrected chi connectivity index (χ4v) is 1.98. The third kappa shape index (κ3) is 3.61. The van der Waals surface area contributed by atoms with E-state index in [2.05, 4.69) is 10.4 Å². The van der Waals surface area contributed by atoms with Gasteiger partial charge in [-0.3, -0.25) is 4.68 Å². The molecule has 1 aromatic carbocycles. The minimum absolute atomic E-state index is 0.163. The van der Waals surface area contributed by atoms with Crippen LogP contribution in [-0.2, 0) is 13.5 Å². The summed E-state index contributed by atoms with van der Waals surface area (Å²) in [6.07, 6.45) is 2.66. The van der Waals surface area contributed by atoms with Gasteiger partial charge in [-0.05, 0) is 19.1 Å². The van der Waals surface area contributed by atoms with Crippen molar-refractivity contribution in [2.24, 2.45) is 7.05 Å². The van der Waals surface area contributed by atoms with Crippen LogP contribution in [0.15, 0.2) is 30.5 Å². The van der Waals surface area contributed by atoms with E-state index in [9.17, 15) is 8.78 Å². The SMILES string of the molecule is CC(NCCc1ccn(C)n1)c1ccc(F)cc1F. The van der Waals surface area contributed by atoms with Crippen LogP contribution < -0.4 is 5.32 Å². The number of aromatic nitrogens is 2. The molecule has 0 fully saturated rings. The Balaban J connectivity index is 1.88. The molecule has 2 rings (SSSR count). The third-order valence-electron chi connectivity index (χ3n) is 3.03. The number of hydrogen-bond donors (Lipinski definition) is 1. The Bertz CT molecular complexity index is 551. The number of aryl methyl sites for hydroxylation is 1. The van der Waals surface area contributed by atoms with E-state index in [1.807, 2.05) is 26.2 Å². The van der Waals surface area contributed by atoms with Gasteiger partial charge in [-0.1, -0.05) is 6.07 Å². The Morgan fingerprint density at radius 2 is 2.11 bits per heavy atom. The molecule has 5 heteroatoms. The molecule has 0 saturated heterocycles. The van der Waals surface area contributed by atoms with E-state index in [0.717, 1.165) is 18.2 Å². The molecule has 1 heterocycles. The van der Waals surface area contributed by atoms with Gasteiger partial charge in [0, 0.05) is 43.9 Å². The predicted octanol–water partition coefficient (Wildman–Crippen LogP) is 2.59. The topological polar surface area (TPSA) is 29.9 Å². The highest BCUT2D eigenvalue weighted by molar-refractivity contribution is 5.21. The highest BCUT2D eigenvalue weighted by Crippen LogP contribution is 2.17. The molecule has 1 aromatic heterocycles. The van der Waals surface area contributed by atoms with Gasteiger partial charge in [0.25, 0.3) is 0 Å². The standard InChI is InChI=1S/C14H17F2N3/c1-10(13-4-3-11(15)9-14(13)16)17-7-5-12-6-8-19(2)18-12/h3-4,6,8-10,17H,5,7H2,1-2H3. The second-order valence-electron chi connectivity index (χ2n) is 4.57. The molecule has 0 radical (unpaired) electrons. The molecule has 0 saturated carbocycles. The highest BCUT2D eigenvalue weighted by Gasteiger charge is 2.11. The number of hydrogen-bond acceptors (Lipinski definition) is 2. The van der Waals surface area contributed by atoms with Crippen molar-refractivity contribution in [3.8, 4) is 0 Å². The van der Waals surface area contributed by atoms with Crippen molar-refractivity contribution in [2.75, 3.05) is 6.54 Å². The van der Waals surface area contributed by atoms with Gasteiger partial charge >= 0.3 is 0 Å². The molecule has 2 aromatic rings. The van der Waals surface area contributed by atoms with Crippen molar-refractivity contribution in [1.29, 1.82) is 0 Å². The molecule has 19 heavy (non-hydrogen) atoms. The van der Waals surface area contributed by atoms with Gasteiger partial charge in [0.15, 0.2) is 0 Å². The zero-order chi connectivity index (χ0) is 13.8. The van der Waals surface area contributed by atoms with Crippen LogP contribution in [0.2, 0.25) is 0 Å². The van der Waals surface area contributed by atoms with Crippen molar-refractivity contribution >= 4 is 0 Å². The molecule has 0 aliphatic carbocycles. The Kier molecular flexibility index (Phi) is 4.27. The Hall–Kier alpha value is -1.75. The Morgan fingerprint density at radius 3 is 2.74 bits per heavy atom. The molecular weight excluding hydrogens is 248 g/mol. The monoisotopic (exact) mass is 265 g/mol. The van der Waals surface area contributed by atoms with Crippen LogP contribution in [0.3, 0.4) is 0 Å². The van der Waals surface area contributed by atoms with Gasteiger partial charge in [0.2, 0.25) is 0 Å². The van der Waals surface area contributed by atoms with E-state index in [0.29, 0.717) is 12.1 Å². The summed E-state index contributed by atoms with van der Waals surface area (Å²) in [5.41, 5.74) is 1.46. The fraction of sp³-hybridized carbons (Fsp3) is 0.357. The molecule has 0 amide bonds. The lowest BCUT2D eigenvalue weighted by Crippen LogP contribution is -2.22. The largest absolute Gasteiger partial charge is 0.310 e. The summed E-state index contributed by atoms with van der Waals surface area (Å²) in [6.45, 7) is 2.55. The van der Waals surface area contributed by atoms with Crippen LogP contribution in [0.5, 0.6) is 0 Å². The van der Waals surface area contributed by atoms with Crippen molar-refractivity contribution in [3.63, 3.8) is 0 Å². The molecule has 1 unspecified atom stereocenters. The van der Waals surface area contributed by atoms with E-state index < -0.39 is 11.6 Å². The minimum atomic E-state index is -0.554. The Labute approximate surface area is 111 Å². The average molecular weight is 265 g/mol. The second-order valence-corrected chi connectivity index (χ2v) is 4.57. The smallest absolute Gasteiger partial charge is 0.130 e. The lowest BCUT2D eigenvalue weighted by molar-refractivity contribution is 0.518. The molecule has 1 N–H and O–H groups in total. The lowest BCUT2D eigenvalue weighted by atomic mass is 10.1. The third-order valence-corrected chi connectivity index (χ3v) is 3.03. The summed E-state index contributed by atoms with van der Waals surface area (Å²) in [7, 11) is 1.87. The van der Waals surface area contributed by atoms with Crippen LogP contribution in [0.1, 0.15) is 24.2 Å². The second kappa shape index (κ2) is 5.93. The normalized spacial score (nSPS) is 12.6. The number of rotatable bonds is 5. The van der Waals surface area contributed by atoms with E-state index in [4.69, 9.17) is 0 Å². The maximum absolute atomic E-state index is 13.6. The van der Waals surface area contributed by atoms with E-state index in [-0.39, 0.29) is 6.04 Å². The van der Waals surface area contributed by atoms with Gasteiger partial charge in [-0.25, -0.2) is 8.78 Å². The summed E-state index contributed by atoms with van der Waals surface area (Å²) in [4.78, 5) is 0. The van der Waals surface area contributed by atoms with E-state index in [1.165, 1.54) is 12.1 Å². The summed E-state index contributed by atoms with van der Waals surface area (Å²) >= 11 is 0. The van der Waals surface area contributed by atoms with Crippen LogP contribution in [0.25, 0.3) is 0 Å². The summed E-state index contributed by atoms with van der Waals surface area (Å²) in [6, 6.07) is 5.44. The first-order valence-corrected chi connectivity index (χ1v) is 6.23. The minimum Gasteiger partial charge on any atom is -0.310 e.